The van der Waals surface area contributed by atoms with E-state index in [4.69, 9.17) is 5.11 Å². The molecular formula is C10H15F3N2O3. The molecule has 0 radical (unpaired) electrons. The van der Waals surface area contributed by atoms with E-state index in [1.807, 2.05) is 0 Å². The zero-order valence-electron chi connectivity index (χ0n) is 9.90. The number of carboxylic acid groups (broad SMARTS) is 1. The minimum atomic E-state index is -4.45. The average Bonchev–Trinajstić information content (AvgIpc) is 2.60. The lowest BCUT2D eigenvalue weighted by molar-refractivity contribution is -0.140. The van der Waals surface area contributed by atoms with Crippen molar-refractivity contribution < 1.29 is 27.9 Å². The number of hydrogen-bond acceptors (Lipinski definition) is 2. The SMILES string of the molecule is CN(CC(F)(F)F)C(=O)N1CCC[C@@H]1CC(=O)O. The summed E-state index contributed by atoms with van der Waals surface area (Å²) in [7, 11) is 1.06. The molecule has 0 aromatic carbocycles. The van der Waals surface area contributed by atoms with Gasteiger partial charge in [-0.15, -0.1) is 0 Å². The highest BCUT2D eigenvalue weighted by Gasteiger charge is 2.36. The predicted octanol–water partition coefficient (Wildman–Crippen LogP) is 1.54. The van der Waals surface area contributed by atoms with Gasteiger partial charge in [-0.3, -0.25) is 4.79 Å². The summed E-state index contributed by atoms with van der Waals surface area (Å²) < 4.78 is 36.5. The Kier molecular flexibility index (Phi) is 4.42. The molecule has 0 aromatic rings. The summed E-state index contributed by atoms with van der Waals surface area (Å²) >= 11 is 0. The van der Waals surface area contributed by atoms with Crippen molar-refractivity contribution in [3.8, 4) is 0 Å². The van der Waals surface area contributed by atoms with Crippen molar-refractivity contribution in [2.45, 2.75) is 31.5 Å². The second kappa shape index (κ2) is 5.45. The highest BCUT2D eigenvalue weighted by atomic mass is 19.4. The number of amides is 2. The lowest BCUT2D eigenvalue weighted by atomic mass is 10.1. The number of alkyl halides is 3. The van der Waals surface area contributed by atoms with Gasteiger partial charge < -0.3 is 14.9 Å². The lowest BCUT2D eigenvalue weighted by Crippen LogP contribution is -2.47. The van der Waals surface area contributed by atoms with Crippen LogP contribution in [0.2, 0.25) is 0 Å². The van der Waals surface area contributed by atoms with Crippen molar-refractivity contribution in [3.05, 3.63) is 0 Å². The van der Waals surface area contributed by atoms with Gasteiger partial charge in [0.2, 0.25) is 0 Å². The van der Waals surface area contributed by atoms with E-state index in [1.54, 1.807) is 0 Å². The Labute approximate surface area is 102 Å². The molecular weight excluding hydrogens is 253 g/mol. The molecule has 18 heavy (non-hydrogen) atoms. The maximum atomic E-state index is 12.2. The van der Waals surface area contributed by atoms with E-state index in [9.17, 15) is 22.8 Å². The highest BCUT2D eigenvalue weighted by Crippen LogP contribution is 2.23. The van der Waals surface area contributed by atoms with Crippen LogP contribution in [-0.4, -0.2) is 59.3 Å². The number of nitrogens with zero attached hydrogens (tertiary/aromatic N) is 2. The van der Waals surface area contributed by atoms with E-state index in [2.05, 4.69) is 0 Å². The normalized spacial score (nSPS) is 20.0. The minimum absolute atomic E-state index is 0.231. The molecule has 104 valence electrons. The minimum Gasteiger partial charge on any atom is -0.481 e. The lowest BCUT2D eigenvalue weighted by Gasteiger charge is -2.29. The van der Waals surface area contributed by atoms with Gasteiger partial charge in [0.25, 0.3) is 0 Å². The number of carboxylic acids is 1. The molecule has 0 bridgehead atoms. The number of urea groups is 1. The summed E-state index contributed by atoms with van der Waals surface area (Å²) in [6, 6.07) is -1.28. The molecule has 5 nitrogen and oxygen atoms in total. The fourth-order valence-electron chi connectivity index (χ4n) is 2.06. The van der Waals surface area contributed by atoms with Crippen LogP contribution in [0.3, 0.4) is 0 Å². The van der Waals surface area contributed by atoms with Crippen molar-refractivity contribution in [3.63, 3.8) is 0 Å². The maximum Gasteiger partial charge on any atom is 0.406 e. The summed E-state index contributed by atoms with van der Waals surface area (Å²) in [5.41, 5.74) is 0. The van der Waals surface area contributed by atoms with Crippen LogP contribution < -0.4 is 0 Å². The first kappa shape index (κ1) is 14.6. The second-order valence-corrected chi connectivity index (χ2v) is 4.34. The quantitative estimate of drug-likeness (QED) is 0.844. The number of likely N-dealkylation sites (tertiary alicyclic amines) is 1. The highest BCUT2D eigenvalue weighted by molar-refractivity contribution is 5.76. The maximum absolute atomic E-state index is 12.2. The summed E-state index contributed by atoms with van der Waals surface area (Å²) in [4.78, 5) is 24.1. The van der Waals surface area contributed by atoms with Gasteiger partial charge in [-0.05, 0) is 12.8 Å². The molecule has 0 saturated carbocycles. The van der Waals surface area contributed by atoms with Crippen LogP contribution in [0.5, 0.6) is 0 Å². The van der Waals surface area contributed by atoms with Gasteiger partial charge in [0.05, 0.1) is 6.42 Å². The van der Waals surface area contributed by atoms with Crippen molar-refractivity contribution >= 4 is 12.0 Å². The Balaban J connectivity index is 2.62. The topological polar surface area (TPSA) is 60.9 Å². The third-order valence-electron chi connectivity index (χ3n) is 2.78. The number of halogens is 3. The molecule has 1 heterocycles. The zero-order chi connectivity index (χ0) is 13.9. The van der Waals surface area contributed by atoms with E-state index in [0.717, 1.165) is 7.05 Å². The van der Waals surface area contributed by atoms with E-state index in [-0.39, 0.29) is 6.42 Å². The fraction of sp³-hybridized carbons (Fsp3) is 0.800. The number of carbonyl (C=O) groups is 2. The molecule has 0 aliphatic carbocycles. The van der Waals surface area contributed by atoms with Gasteiger partial charge in [0, 0.05) is 19.6 Å². The Bertz CT molecular complexity index is 333. The molecule has 0 spiro atoms. The van der Waals surface area contributed by atoms with Crippen molar-refractivity contribution in [1.29, 1.82) is 0 Å². The molecule has 1 aliphatic rings. The van der Waals surface area contributed by atoms with E-state index in [0.29, 0.717) is 24.3 Å². The number of rotatable bonds is 3. The zero-order valence-corrected chi connectivity index (χ0v) is 9.90. The van der Waals surface area contributed by atoms with E-state index < -0.39 is 30.8 Å². The Morgan fingerprint density at radius 3 is 2.56 bits per heavy atom. The van der Waals surface area contributed by atoms with Gasteiger partial charge in [-0.25, -0.2) is 4.79 Å². The molecule has 1 N–H and O–H groups in total. The summed E-state index contributed by atoms with van der Waals surface area (Å²) in [6.07, 6.45) is -3.56. The summed E-state index contributed by atoms with van der Waals surface area (Å²) in [6.45, 7) is -1.03. The Morgan fingerprint density at radius 2 is 2.06 bits per heavy atom. The van der Waals surface area contributed by atoms with Crippen LogP contribution in [0.1, 0.15) is 19.3 Å². The third kappa shape index (κ3) is 4.08. The van der Waals surface area contributed by atoms with E-state index in [1.165, 1.54) is 4.90 Å². The molecule has 0 aromatic heterocycles. The third-order valence-corrected chi connectivity index (χ3v) is 2.78. The first-order chi connectivity index (χ1) is 8.20. The monoisotopic (exact) mass is 268 g/mol. The Morgan fingerprint density at radius 1 is 1.44 bits per heavy atom. The summed E-state index contributed by atoms with van der Waals surface area (Å²) in [5, 5.41) is 8.67. The molecule has 1 rings (SSSR count). The average molecular weight is 268 g/mol. The molecule has 8 heteroatoms. The Hall–Kier alpha value is -1.47. The van der Waals surface area contributed by atoms with Gasteiger partial charge >= 0.3 is 18.2 Å². The van der Waals surface area contributed by atoms with Crippen LogP contribution in [0, 0.1) is 0 Å². The van der Waals surface area contributed by atoms with Gasteiger partial charge in [-0.2, -0.15) is 13.2 Å². The standard InChI is InChI=1S/C10H15F3N2O3/c1-14(6-10(11,12)13)9(18)15-4-2-3-7(15)5-8(16)17/h7H,2-6H2,1H3,(H,16,17)/t7-/m1/s1. The van der Waals surface area contributed by atoms with Crippen molar-refractivity contribution in [2.75, 3.05) is 20.1 Å². The van der Waals surface area contributed by atoms with Crippen LogP contribution >= 0.6 is 0 Å². The molecule has 1 aliphatic heterocycles. The summed E-state index contributed by atoms with van der Waals surface area (Å²) in [5.74, 6) is -1.06. The van der Waals surface area contributed by atoms with Crippen LogP contribution in [-0.2, 0) is 4.79 Å². The number of carbonyl (C=O) groups excluding carboxylic acids is 1. The largest absolute Gasteiger partial charge is 0.481 e. The molecule has 1 atom stereocenters. The number of aliphatic carboxylic acids is 1. The molecule has 1 saturated heterocycles. The van der Waals surface area contributed by atoms with Gasteiger partial charge in [0.1, 0.15) is 6.54 Å². The number of hydrogen-bond donors (Lipinski definition) is 1. The van der Waals surface area contributed by atoms with Crippen LogP contribution in [0.4, 0.5) is 18.0 Å². The first-order valence-electron chi connectivity index (χ1n) is 5.51. The van der Waals surface area contributed by atoms with Crippen molar-refractivity contribution in [2.24, 2.45) is 0 Å². The molecule has 2 amide bonds. The van der Waals surface area contributed by atoms with Gasteiger partial charge in [0.15, 0.2) is 0 Å². The molecule has 1 fully saturated rings. The smallest absolute Gasteiger partial charge is 0.406 e. The molecule has 0 unspecified atom stereocenters. The van der Waals surface area contributed by atoms with E-state index >= 15 is 0 Å². The van der Waals surface area contributed by atoms with Crippen LogP contribution in [0.25, 0.3) is 0 Å². The van der Waals surface area contributed by atoms with Gasteiger partial charge in [-0.1, -0.05) is 0 Å². The fourth-order valence-corrected chi connectivity index (χ4v) is 2.06. The second-order valence-electron chi connectivity index (χ2n) is 4.34. The van der Waals surface area contributed by atoms with Crippen LogP contribution in [0.15, 0.2) is 0 Å². The first-order valence-corrected chi connectivity index (χ1v) is 5.51. The van der Waals surface area contributed by atoms with Crippen molar-refractivity contribution in [1.82, 2.24) is 9.80 Å². The predicted molar refractivity (Wildman–Crippen MR) is 56.1 cm³/mol.